The van der Waals surface area contributed by atoms with Gasteiger partial charge in [-0.1, -0.05) is 60.7 Å². The molecule has 2 aliphatic rings. The van der Waals surface area contributed by atoms with Gasteiger partial charge in [-0.15, -0.1) is 11.8 Å². The smallest absolute Gasteiger partial charge is 0.326 e. The molecule has 2 saturated heterocycles. The number of thioether (sulfide) groups is 1. The number of nitrogens with one attached hydrogen (secondary N) is 2. The van der Waals surface area contributed by atoms with E-state index in [0.717, 1.165) is 22.8 Å². The van der Waals surface area contributed by atoms with Gasteiger partial charge >= 0.3 is 5.97 Å². The molecule has 2 fully saturated rings. The van der Waals surface area contributed by atoms with Crippen LogP contribution in [0.3, 0.4) is 0 Å². The van der Waals surface area contributed by atoms with Crippen LogP contribution in [-0.4, -0.2) is 64.6 Å². The molecule has 0 spiro atoms. The minimum absolute atomic E-state index is 0.0783. The maximum atomic E-state index is 13.7. The number of carbonyl (C=O) groups excluding carboxylic acids is 2. The van der Waals surface area contributed by atoms with Crippen LogP contribution >= 0.6 is 11.8 Å². The average Bonchev–Trinajstić information content (AvgIpc) is 3.39. The molecule has 0 unspecified atom stereocenters. The van der Waals surface area contributed by atoms with Gasteiger partial charge < -0.3 is 15.3 Å². The number of carbonyl (C=O) groups is 3. The first kappa shape index (κ1) is 23.3. The Kier molecular flexibility index (Phi) is 7.35. The molecular weight excluding hydrogens is 438 g/mol. The van der Waals surface area contributed by atoms with E-state index in [1.807, 2.05) is 65.6 Å². The largest absolute Gasteiger partial charge is 0.480 e. The maximum absolute atomic E-state index is 13.7. The fourth-order valence-electron chi connectivity index (χ4n) is 4.63. The lowest BCUT2D eigenvalue weighted by molar-refractivity contribution is -0.143. The summed E-state index contributed by atoms with van der Waals surface area (Å²) < 4.78 is 0. The van der Waals surface area contributed by atoms with Crippen LogP contribution < -0.4 is 10.6 Å². The van der Waals surface area contributed by atoms with Crippen molar-refractivity contribution in [2.75, 3.05) is 24.7 Å². The van der Waals surface area contributed by atoms with Gasteiger partial charge in [-0.3, -0.25) is 14.9 Å². The molecule has 7 nitrogen and oxygen atoms in total. The predicted molar refractivity (Wildman–Crippen MR) is 128 cm³/mol. The lowest BCUT2D eigenvalue weighted by Crippen LogP contribution is -2.57. The van der Waals surface area contributed by atoms with Crippen LogP contribution in [0.1, 0.15) is 24.0 Å². The molecular formula is C25H29N3O4S. The van der Waals surface area contributed by atoms with Crippen LogP contribution in [-0.2, 0) is 26.2 Å². The summed E-state index contributed by atoms with van der Waals surface area (Å²) in [5, 5.41) is 15.8. The molecule has 0 aromatic heterocycles. The number of likely N-dealkylation sites (tertiary alicyclic amines) is 1. The van der Waals surface area contributed by atoms with E-state index in [-0.39, 0.29) is 24.3 Å². The van der Waals surface area contributed by atoms with E-state index in [1.54, 1.807) is 11.8 Å². The molecule has 33 heavy (non-hydrogen) atoms. The van der Waals surface area contributed by atoms with Crippen LogP contribution in [0.15, 0.2) is 60.7 Å². The molecule has 0 aliphatic carbocycles. The van der Waals surface area contributed by atoms with E-state index in [4.69, 9.17) is 0 Å². The Labute approximate surface area is 197 Å². The third-order valence-electron chi connectivity index (χ3n) is 6.59. The first-order chi connectivity index (χ1) is 16.0. The van der Waals surface area contributed by atoms with Gasteiger partial charge in [-0.25, -0.2) is 4.79 Å². The van der Waals surface area contributed by atoms with E-state index >= 15 is 0 Å². The first-order valence-electron chi connectivity index (χ1n) is 11.2. The Balaban J connectivity index is 1.52. The van der Waals surface area contributed by atoms with Crippen molar-refractivity contribution < 1.29 is 19.5 Å². The topological polar surface area (TPSA) is 98.7 Å². The SMILES string of the molecule is O=C(O)[C@H](Cc1ccccc1)NC(=O)C1(c2ccccc2)CCN(C(=O)[C@@H]2CSCN2)CC1. The number of hydrogen-bond acceptors (Lipinski definition) is 5. The van der Waals surface area contributed by atoms with Gasteiger partial charge in [-0.05, 0) is 24.0 Å². The van der Waals surface area contributed by atoms with E-state index in [2.05, 4.69) is 10.6 Å². The molecule has 2 atom stereocenters. The minimum atomic E-state index is -1.06. The highest BCUT2D eigenvalue weighted by Gasteiger charge is 2.45. The molecule has 0 radical (unpaired) electrons. The van der Waals surface area contributed by atoms with E-state index in [9.17, 15) is 19.5 Å². The second-order valence-electron chi connectivity index (χ2n) is 8.60. The van der Waals surface area contributed by atoms with Gasteiger partial charge in [0.2, 0.25) is 11.8 Å². The molecule has 2 heterocycles. The summed E-state index contributed by atoms with van der Waals surface area (Å²) in [6.45, 7) is 0.917. The number of benzene rings is 2. The van der Waals surface area contributed by atoms with Gasteiger partial charge in [0, 0.05) is 31.1 Å². The standard InChI is InChI=1S/C25H29N3O4S/c29-22(21-16-33-17-26-21)28-13-11-25(12-14-28,19-9-5-2-6-10-19)24(32)27-20(23(30)31)15-18-7-3-1-4-8-18/h1-10,20-21,26H,11-17H2,(H,27,32)(H,30,31)/t20-,21-/m0/s1. The minimum Gasteiger partial charge on any atom is -0.480 e. The van der Waals surface area contributed by atoms with Crippen molar-refractivity contribution >= 4 is 29.5 Å². The highest BCUT2D eigenvalue weighted by atomic mass is 32.2. The lowest BCUT2D eigenvalue weighted by Gasteiger charge is -2.42. The summed E-state index contributed by atoms with van der Waals surface area (Å²) in [6.07, 6.45) is 1.11. The Morgan fingerprint density at radius 3 is 2.27 bits per heavy atom. The number of nitrogens with zero attached hydrogens (tertiary/aromatic N) is 1. The number of piperidine rings is 1. The molecule has 0 bridgehead atoms. The third-order valence-corrected chi connectivity index (χ3v) is 7.53. The number of carboxylic acid groups (broad SMARTS) is 1. The Morgan fingerprint density at radius 1 is 1.06 bits per heavy atom. The highest BCUT2D eigenvalue weighted by molar-refractivity contribution is 7.99. The zero-order valence-electron chi connectivity index (χ0n) is 18.4. The van der Waals surface area contributed by atoms with Crippen molar-refractivity contribution in [3.05, 3.63) is 71.8 Å². The first-order valence-corrected chi connectivity index (χ1v) is 12.4. The fraction of sp³-hybridized carbons (Fsp3) is 0.400. The van der Waals surface area contributed by atoms with E-state index in [0.29, 0.717) is 25.9 Å². The quantitative estimate of drug-likeness (QED) is 0.576. The summed E-state index contributed by atoms with van der Waals surface area (Å²) >= 11 is 1.71. The fourth-order valence-corrected chi connectivity index (χ4v) is 5.57. The summed E-state index contributed by atoms with van der Waals surface area (Å²) in [7, 11) is 0. The van der Waals surface area contributed by atoms with Gasteiger partial charge in [0.25, 0.3) is 0 Å². The summed E-state index contributed by atoms with van der Waals surface area (Å²) in [4.78, 5) is 40.3. The van der Waals surface area contributed by atoms with Crippen molar-refractivity contribution in [2.45, 2.75) is 36.8 Å². The zero-order chi connectivity index (χ0) is 23.3. The number of carboxylic acids is 1. The highest BCUT2D eigenvalue weighted by Crippen LogP contribution is 2.36. The molecule has 2 aromatic rings. The molecule has 174 valence electrons. The van der Waals surface area contributed by atoms with Crippen LogP contribution in [0.2, 0.25) is 0 Å². The van der Waals surface area contributed by atoms with Crippen molar-refractivity contribution in [3.8, 4) is 0 Å². The molecule has 2 amide bonds. The number of amides is 2. The molecule has 8 heteroatoms. The number of aliphatic carboxylic acids is 1. The van der Waals surface area contributed by atoms with Crippen molar-refractivity contribution in [2.24, 2.45) is 0 Å². The van der Waals surface area contributed by atoms with Gasteiger partial charge in [-0.2, -0.15) is 0 Å². The van der Waals surface area contributed by atoms with Gasteiger partial charge in [0.05, 0.1) is 11.5 Å². The second kappa shape index (κ2) is 10.4. The monoisotopic (exact) mass is 467 g/mol. The zero-order valence-corrected chi connectivity index (χ0v) is 19.2. The van der Waals surface area contributed by atoms with Crippen LogP contribution in [0.4, 0.5) is 0 Å². The van der Waals surface area contributed by atoms with E-state index < -0.39 is 17.4 Å². The summed E-state index contributed by atoms with van der Waals surface area (Å²) in [5.41, 5.74) is 0.828. The Bertz CT molecular complexity index is 972. The third kappa shape index (κ3) is 5.23. The maximum Gasteiger partial charge on any atom is 0.326 e. The molecule has 4 rings (SSSR count). The number of hydrogen-bond donors (Lipinski definition) is 3. The summed E-state index contributed by atoms with van der Waals surface area (Å²) in [6, 6.07) is 17.6. The second-order valence-corrected chi connectivity index (χ2v) is 9.63. The molecule has 2 aliphatic heterocycles. The van der Waals surface area contributed by atoms with Crippen molar-refractivity contribution in [1.29, 1.82) is 0 Å². The van der Waals surface area contributed by atoms with E-state index in [1.165, 1.54) is 0 Å². The lowest BCUT2D eigenvalue weighted by atomic mass is 9.71. The van der Waals surface area contributed by atoms with Gasteiger partial charge in [0.1, 0.15) is 6.04 Å². The molecule has 3 N–H and O–H groups in total. The van der Waals surface area contributed by atoms with Gasteiger partial charge in [0.15, 0.2) is 0 Å². The molecule has 0 saturated carbocycles. The average molecular weight is 468 g/mol. The normalized spacial score (nSPS) is 20.7. The van der Waals surface area contributed by atoms with Crippen LogP contribution in [0, 0.1) is 0 Å². The predicted octanol–water partition coefficient (Wildman–Crippen LogP) is 2.02. The van der Waals surface area contributed by atoms with Crippen molar-refractivity contribution in [3.63, 3.8) is 0 Å². The summed E-state index contributed by atoms with van der Waals surface area (Å²) in [5.74, 6) is 0.263. The van der Waals surface area contributed by atoms with Crippen LogP contribution in [0.5, 0.6) is 0 Å². The molecule has 2 aromatic carbocycles. The van der Waals surface area contributed by atoms with Crippen molar-refractivity contribution in [1.82, 2.24) is 15.5 Å². The number of rotatable bonds is 7. The Morgan fingerprint density at radius 2 is 1.70 bits per heavy atom. The Hall–Kier alpha value is -2.84. The van der Waals surface area contributed by atoms with Crippen LogP contribution in [0.25, 0.3) is 0 Å².